The lowest BCUT2D eigenvalue weighted by Crippen LogP contribution is -1.64. The molecule has 72 valence electrons. The fourth-order valence-corrected chi connectivity index (χ4v) is 2.47. The maximum Gasteiger partial charge on any atom is 0.0349 e. The summed E-state index contributed by atoms with van der Waals surface area (Å²) in [5.74, 6) is 0.696. The van der Waals surface area contributed by atoms with Gasteiger partial charge in [0.2, 0.25) is 0 Å². The molecule has 0 spiro atoms. The van der Waals surface area contributed by atoms with Crippen molar-refractivity contribution in [1.82, 2.24) is 0 Å². The molecule has 0 radical (unpaired) electrons. The molecular formula is C12H11ClS. The predicted molar refractivity (Wildman–Crippen MR) is 66.2 cm³/mol. The Morgan fingerprint density at radius 1 is 1.29 bits per heavy atom. The standard InChI is InChI=1S/C12H11ClS/c13-8-4-3-6-11-9-10-5-1-2-7-12(10)14-11/h1-3,5-7,9H,4,8H2. The first-order chi connectivity index (χ1) is 6.90. The smallest absolute Gasteiger partial charge is 0.0349 e. The van der Waals surface area contributed by atoms with Crippen LogP contribution in [0.4, 0.5) is 0 Å². The van der Waals surface area contributed by atoms with Crippen molar-refractivity contribution < 1.29 is 0 Å². The third kappa shape index (κ3) is 2.17. The first-order valence-electron chi connectivity index (χ1n) is 4.61. The summed E-state index contributed by atoms with van der Waals surface area (Å²) in [5, 5.41) is 1.32. The highest BCUT2D eigenvalue weighted by Gasteiger charge is 1.96. The van der Waals surface area contributed by atoms with Gasteiger partial charge < -0.3 is 0 Å². The summed E-state index contributed by atoms with van der Waals surface area (Å²) in [6.07, 6.45) is 5.21. The first-order valence-corrected chi connectivity index (χ1v) is 5.96. The molecule has 0 fully saturated rings. The average molecular weight is 223 g/mol. The van der Waals surface area contributed by atoms with Gasteiger partial charge in [-0.05, 0) is 30.0 Å². The minimum Gasteiger partial charge on any atom is -0.136 e. The van der Waals surface area contributed by atoms with Gasteiger partial charge in [0, 0.05) is 15.5 Å². The summed E-state index contributed by atoms with van der Waals surface area (Å²) >= 11 is 7.42. The topological polar surface area (TPSA) is 0 Å². The maximum absolute atomic E-state index is 5.60. The van der Waals surface area contributed by atoms with E-state index in [2.05, 4.69) is 42.5 Å². The summed E-state index contributed by atoms with van der Waals surface area (Å²) < 4.78 is 1.35. The zero-order valence-electron chi connectivity index (χ0n) is 7.74. The Morgan fingerprint density at radius 3 is 2.93 bits per heavy atom. The van der Waals surface area contributed by atoms with Crippen LogP contribution < -0.4 is 0 Å². The Kier molecular flexibility index (Phi) is 3.22. The SMILES string of the molecule is ClCCC=Cc1cc2ccccc2s1. The third-order valence-electron chi connectivity index (χ3n) is 2.00. The van der Waals surface area contributed by atoms with Crippen molar-refractivity contribution in [2.24, 2.45) is 0 Å². The van der Waals surface area contributed by atoms with Crippen LogP contribution in [0.15, 0.2) is 36.4 Å². The Labute approximate surface area is 92.8 Å². The largest absolute Gasteiger partial charge is 0.136 e. The molecule has 0 bridgehead atoms. The van der Waals surface area contributed by atoms with Crippen LogP contribution in [-0.2, 0) is 0 Å². The summed E-state index contributed by atoms with van der Waals surface area (Å²) in [6.45, 7) is 0. The number of allylic oxidation sites excluding steroid dienone is 1. The molecular weight excluding hydrogens is 212 g/mol. The molecule has 0 aliphatic rings. The third-order valence-corrected chi connectivity index (χ3v) is 3.30. The van der Waals surface area contributed by atoms with Crippen LogP contribution in [0.3, 0.4) is 0 Å². The Bertz CT molecular complexity index is 409. The molecule has 1 aromatic heterocycles. The molecule has 2 heteroatoms. The van der Waals surface area contributed by atoms with Crippen LogP contribution in [-0.4, -0.2) is 5.88 Å². The van der Waals surface area contributed by atoms with Crippen molar-refractivity contribution in [3.05, 3.63) is 41.3 Å². The van der Waals surface area contributed by atoms with E-state index < -0.39 is 0 Å². The van der Waals surface area contributed by atoms with Gasteiger partial charge >= 0.3 is 0 Å². The van der Waals surface area contributed by atoms with Crippen LogP contribution in [0.1, 0.15) is 11.3 Å². The van der Waals surface area contributed by atoms with Crippen molar-refractivity contribution >= 4 is 39.1 Å². The molecule has 0 saturated heterocycles. The van der Waals surface area contributed by atoms with E-state index in [1.807, 2.05) is 11.3 Å². The van der Waals surface area contributed by atoms with Gasteiger partial charge in [0.25, 0.3) is 0 Å². The van der Waals surface area contributed by atoms with Crippen LogP contribution in [0.5, 0.6) is 0 Å². The number of hydrogen-bond acceptors (Lipinski definition) is 1. The van der Waals surface area contributed by atoms with Gasteiger partial charge in [-0.2, -0.15) is 0 Å². The highest BCUT2D eigenvalue weighted by atomic mass is 35.5. The second-order valence-electron chi connectivity index (χ2n) is 3.07. The Morgan fingerprint density at radius 2 is 2.14 bits per heavy atom. The molecule has 0 unspecified atom stereocenters. The number of fused-ring (bicyclic) bond motifs is 1. The normalized spacial score (nSPS) is 11.5. The van der Waals surface area contributed by atoms with Crippen LogP contribution in [0, 0.1) is 0 Å². The second-order valence-corrected chi connectivity index (χ2v) is 4.56. The molecule has 2 rings (SSSR count). The molecule has 2 aromatic rings. The van der Waals surface area contributed by atoms with E-state index in [-0.39, 0.29) is 0 Å². The van der Waals surface area contributed by atoms with Crippen molar-refractivity contribution in [2.45, 2.75) is 6.42 Å². The van der Waals surface area contributed by atoms with Gasteiger partial charge in [-0.3, -0.25) is 0 Å². The lowest BCUT2D eigenvalue weighted by atomic mass is 10.2. The summed E-state index contributed by atoms with van der Waals surface area (Å²) in [6, 6.07) is 10.7. The number of hydrogen-bond donors (Lipinski definition) is 0. The molecule has 0 aliphatic carbocycles. The highest BCUT2D eigenvalue weighted by Crippen LogP contribution is 2.26. The molecule has 0 N–H and O–H groups in total. The molecule has 0 nitrogen and oxygen atoms in total. The monoisotopic (exact) mass is 222 g/mol. The second kappa shape index (κ2) is 4.63. The van der Waals surface area contributed by atoms with Gasteiger partial charge in [0.15, 0.2) is 0 Å². The lowest BCUT2D eigenvalue weighted by molar-refractivity contribution is 1.25. The van der Waals surface area contributed by atoms with Crippen LogP contribution in [0.25, 0.3) is 16.2 Å². The Balaban J connectivity index is 2.27. The molecule has 1 heterocycles. The number of halogens is 1. The van der Waals surface area contributed by atoms with E-state index in [4.69, 9.17) is 11.6 Å². The van der Waals surface area contributed by atoms with Crippen molar-refractivity contribution in [3.8, 4) is 0 Å². The van der Waals surface area contributed by atoms with Gasteiger partial charge in [0.05, 0.1) is 0 Å². The lowest BCUT2D eigenvalue weighted by Gasteiger charge is -1.82. The van der Waals surface area contributed by atoms with Crippen molar-refractivity contribution in [1.29, 1.82) is 0 Å². The number of alkyl halides is 1. The predicted octanol–water partition coefficient (Wildman–Crippen LogP) is 4.54. The van der Waals surface area contributed by atoms with Crippen LogP contribution >= 0.6 is 22.9 Å². The van der Waals surface area contributed by atoms with E-state index in [1.54, 1.807) is 0 Å². The minimum absolute atomic E-state index is 0.696. The Hall–Kier alpha value is -0.790. The number of thiophene rings is 1. The zero-order valence-corrected chi connectivity index (χ0v) is 9.31. The fourth-order valence-electron chi connectivity index (χ4n) is 1.35. The van der Waals surface area contributed by atoms with Crippen molar-refractivity contribution in [3.63, 3.8) is 0 Å². The van der Waals surface area contributed by atoms with Crippen LogP contribution in [0.2, 0.25) is 0 Å². The quantitative estimate of drug-likeness (QED) is 0.669. The number of benzene rings is 1. The van der Waals surface area contributed by atoms with E-state index >= 15 is 0 Å². The molecule has 0 saturated carbocycles. The highest BCUT2D eigenvalue weighted by molar-refractivity contribution is 7.19. The molecule has 0 amide bonds. The van der Waals surface area contributed by atoms with E-state index in [1.165, 1.54) is 15.0 Å². The average Bonchev–Trinajstić information content (AvgIpc) is 2.60. The summed E-state index contributed by atoms with van der Waals surface area (Å²) in [7, 11) is 0. The van der Waals surface area contributed by atoms with Gasteiger partial charge in [-0.15, -0.1) is 22.9 Å². The van der Waals surface area contributed by atoms with Gasteiger partial charge in [0.1, 0.15) is 0 Å². The number of rotatable bonds is 3. The summed E-state index contributed by atoms with van der Waals surface area (Å²) in [4.78, 5) is 1.30. The molecule has 0 atom stereocenters. The molecule has 14 heavy (non-hydrogen) atoms. The maximum atomic E-state index is 5.60. The van der Waals surface area contributed by atoms with Crippen molar-refractivity contribution in [2.75, 3.05) is 5.88 Å². The zero-order chi connectivity index (χ0) is 9.80. The van der Waals surface area contributed by atoms with E-state index in [0.29, 0.717) is 5.88 Å². The molecule has 1 aromatic carbocycles. The van der Waals surface area contributed by atoms with E-state index in [0.717, 1.165) is 6.42 Å². The fraction of sp³-hybridized carbons (Fsp3) is 0.167. The molecule has 0 aliphatic heterocycles. The first kappa shape index (κ1) is 9.75. The minimum atomic E-state index is 0.696. The van der Waals surface area contributed by atoms with Gasteiger partial charge in [-0.1, -0.05) is 24.3 Å². The van der Waals surface area contributed by atoms with E-state index in [9.17, 15) is 0 Å². The van der Waals surface area contributed by atoms with Gasteiger partial charge in [-0.25, -0.2) is 0 Å². The summed E-state index contributed by atoms with van der Waals surface area (Å²) in [5.41, 5.74) is 0.